The normalized spacial score (nSPS) is 19.9. The molecule has 1 atom stereocenters. The van der Waals surface area contributed by atoms with Gasteiger partial charge in [-0.2, -0.15) is 0 Å². The molecule has 0 radical (unpaired) electrons. The van der Waals surface area contributed by atoms with E-state index in [1.54, 1.807) is 0 Å². The fourth-order valence-electron chi connectivity index (χ4n) is 2.57. The van der Waals surface area contributed by atoms with Crippen LogP contribution < -0.4 is 10.0 Å². The first-order valence-electron chi connectivity index (χ1n) is 6.47. The fraction of sp³-hybridized carbons (Fsp3) is 0.462. The van der Waals surface area contributed by atoms with E-state index in [0.717, 1.165) is 31.9 Å². The van der Waals surface area contributed by atoms with Gasteiger partial charge in [-0.3, -0.25) is 0 Å². The fourth-order valence-corrected chi connectivity index (χ4v) is 3.11. The Hall–Kier alpha value is -1.60. The highest BCUT2D eigenvalue weighted by Gasteiger charge is 2.24. The lowest BCUT2D eigenvalue weighted by Gasteiger charge is -2.36. The van der Waals surface area contributed by atoms with Crippen molar-refractivity contribution in [3.8, 4) is 0 Å². The lowest BCUT2D eigenvalue weighted by atomic mass is 10.0. The van der Waals surface area contributed by atoms with E-state index in [0.29, 0.717) is 5.69 Å². The molecular formula is C13H18N2O4S. The van der Waals surface area contributed by atoms with Gasteiger partial charge < -0.3 is 10.0 Å². The Morgan fingerprint density at radius 3 is 2.65 bits per heavy atom. The smallest absolute Gasteiger partial charge is 0.337 e. The van der Waals surface area contributed by atoms with Crippen LogP contribution in [0.3, 0.4) is 0 Å². The van der Waals surface area contributed by atoms with Gasteiger partial charge in [-0.05, 0) is 44.4 Å². The van der Waals surface area contributed by atoms with Gasteiger partial charge in [0.2, 0.25) is 10.0 Å². The Morgan fingerprint density at radius 2 is 2.10 bits per heavy atom. The Kier molecular flexibility index (Phi) is 4.01. The lowest BCUT2D eigenvalue weighted by Crippen LogP contribution is -2.38. The number of carboxylic acid groups (broad SMARTS) is 1. The largest absolute Gasteiger partial charge is 0.478 e. The van der Waals surface area contributed by atoms with E-state index in [1.165, 1.54) is 12.1 Å². The Balaban J connectivity index is 2.50. The summed E-state index contributed by atoms with van der Waals surface area (Å²) < 4.78 is 22.7. The number of primary sulfonamides is 1. The predicted molar refractivity (Wildman–Crippen MR) is 75.4 cm³/mol. The number of hydrogen-bond donors (Lipinski definition) is 2. The molecule has 6 nitrogen and oxygen atoms in total. The third-order valence-corrected chi connectivity index (χ3v) is 4.55. The predicted octanol–water partition coefficient (Wildman–Crippen LogP) is 1.41. The minimum absolute atomic E-state index is 0.0229. The molecule has 0 amide bonds. The molecule has 1 aromatic rings. The van der Waals surface area contributed by atoms with Gasteiger partial charge >= 0.3 is 5.97 Å². The molecule has 1 aliphatic rings. The second-order valence-electron chi connectivity index (χ2n) is 5.07. The van der Waals surface area contributed by atoms with Gasteiger partial charge in [0.1, 0.15) is 0 Å². The molecule has 2 rings (SSSR count). The molecule has 1 aliphatic heterocycles. The van der Waals surface area contributed by atoms with Crippen LogP contribution in [0.1, 0.15) is 36.5 Å². The summed E-state index contributed by atoms with van der Waals surface area (Å²) >= 11 is 0. The van der Waals surface area contributed by atoms with Crippen molar-refractivity contribution in [2.75, 3.05) is 11.4 Å². The highest BCUT2D eigenvalue weighted by atomic mass is 32.2. The van der Waals surface area contributed by atoms with E-state index in [9.17, 15) is 18.3 Å². The number of carboxylic acids is 1. The van der Waals surface area contributed by atoms with Crippen molar-refractivity contribution in [1.82, 2.24) is 0 Å². The van der Waals surface area contributed by atoms with E-state index in [1.807, 2.05) is 11.8 Å². The van der Waals surface area contributed by atoms with Gasteiger partial charge in [0.15, 0.2) is 0 Å². The average molecular weight is 298 g/mol. The number of aromatic carboxylic acids is 1. The van der Waals surface area contributed by atoms with Crippen LogP contribution in [0, 0.1) is 0 Å². The minimum Gasteiger partial charge on any atom is -0.478 e. The monoisotopic (exact) mass is 298 g/mol. The minimum atomic E-state index is -3.90. The molecule has 3 N–H and O–H groups in total. The summed E-state index contributed by atoms with van der Waals surface area (Å²) in [6.45, 7) is 2.81. The molecule has 1 unspecified atom stereocenters. The molecule has 1 aromatic carbocycles. The first kappa shape index (κ1) is 14.8. The third-order valence-electron chi connectivity index (χ3n) is 3.64. The standard InChI is InChI=1S/C13H18N2O4S/c1-9-4-2-3-7-15(9)12-6-5-10(20(14,18)19)8-11(12)13(16)17/h5-6,8-9H,2-4,7H2,1H3,(H,16,17)(H2,14,18,19). The van der Waals surface area contributed by atoms with Crippen molar-refractivity contribution in [3.63, 3.8) is 0 Å². The number of rotatable bonds is 3. The summed E-state index contributed by atoms with van der Waals surface area (Å²) in [5.41, 5.74) is 0.530. The molecule has 1 saturated heterocycles. The van der Waals surface area contributed by atoms with Crippen LogP contribution in [0.4, 0.5) is 5.69 Å². The number of hydrogen-bond acceptors (Lipinski definition) is 4. The first-order valence-corrected chi connectivity index (χ1v) is 8.02. The summed E-state index contributed by atoms with van der Waals surface area (Å²) in [5, 5.41) is 14.4. The van der Waals surface area contributed by atoms with Gasteiger partial charge in [-0.25, -0.2) is 18.4 Å². The molecule has 0 saturated carbocycles. The number of anilines is 1. The SMILES string of the molecule is CC1CCCCN1c1ccc(S(N)(=O)=O)cc1C(=O)O. The van der Waals surface area contributed by atoms with Crippen molar-refractivity contribution >= 4 is 21.7 Å². The number of nitrogens with zero attached hydrogens (tertiary/aromatic N) is 1. The van der Waals surface area contributed by atoms with Crippen molar-refractivity contribution < 1.29 is 18.3 Å². The molecule has 0 spiro atoms. The van der Waals surface area contributed by atoms with Crippen LogP contribution in [0.5, 0.6) is 0 Å². The number of carbonyl (C=O) groups is 1. The van der Waals surface area contributed by atoms with Crippen LogP contribution in [0.15, 0.2) is 23.1 Å². The molecule has 0 aliphatic carbocycles. The zero-order valence-corrected chi connectivity index (χ0v) is 12.1. The Bertz CT molecular complexity index is 627. The second kappa shape index (κ2) is 5.41. The maximum Gasteiger partial charge on any atom is 0.337 e. The Morgan fingerprint density at radius 1 is 1.40 bits per heavy atom. The van der Waals surface area contributed by atoms with E-state index in [2.05, 4.69) is 0 Å². The summed E-state index contributed by atoms with van der Waals surface area (Å²) in [6.07, 6.45) is 3.12. The maximum absolute atomic E-state index is 11.4. The second-order valence-corrected chi connectivity index (χ2v) is 6.63. The summed E-state index contributed by atoms with van der Waals surface area (Å²) in [5.74, 6) is -1.15. The first-order chi connectivity index (χ1) is 9.30. The van der Waals surface area contributed by atoms with Gasteiger partial charge in [0.25, 0.3) is 0 Å². The van der Waals surface area contributed by atoms with Crippen molar-refractivity contribution in [3.05, 3.63) is 23.8 Å². The van der Waals surface area contributed by atoms with Gasteiger partial charge in [-0.15, -0.1) is 0 Å². The van der Waals surface area contributed by atoms with Gasteiger partial charge in [0.05, 0.1) is 16.1 Å². The number of sulfonamides is 1. The summed E-state index contributed by atoms with van der Waals surface area (Å²) in [4.78, 5) is 13.2. The highest BCUT2D eigenvalue weighted by molar-refractivity contribution is 7.89. The lowest BCUT2D eigenvalue weighted by molar-refractivity contribution is 0.0697. The number of benzene rings is 1. The maximum atomic E-state index is 11.4. The van der Waals surface area contributed by atoms with Crippen molar-refractivity contribution in [1.29, 1.82) is 0 Å². The van der Waals surface area contributed by atoms with E-state index in [4.69, 9.17) is 5.14 Å². The van der Waals surface area contributed by atoms with Gasteiger partial charge in [0, 0.05) is 12.6 Å². The van der Waals surface area contributed by atoms with Crippen LogP contribution in [-0.2, 0) is 10.0 Å². The van der Waals surface area contributed by atoms with Gasteiger partial charge in [-0.1, -0.05) is 0 Å². The summed E-state index contributed by atoms with van der Waals surface area (Å²) in [7, 11) is -3.90. The van der Waals surface area contributed by atoms with E-state index in [-0.39, 0.29) is 16.5 Å². The third kappa shape index (κ3) is 2.94. The number of nitrogens with two attached hydrogens (primary N) is 1. The van der Waals surface area contributed by atoms with Crippen LogP contribution in [-0.4, -0.2) is 32.1 Å². The molecule has 1 fully saturated rings. The molecule has 7 heteroatoms. The topological polar surface area (TPSA) is 101 Å². The van der Waals surface area contributed by atoms with Crippen LogP contribution in [0.25, 0.3) is 0 Å². The Labute approximate surface area is 118 Å². The van der Waals surface area contributed by atoms with E-state index < -0.39 is 16.0 Å². The van der Waals surface area contributed by atoms with E-state index >= 15 is 0 Å². The van der Waals surface area contributed by atoms with Crippen molar-refractivity contribution in [2.24, 2.45) is 5.14 Å². The number of piperidine rings is 1. The molecule has 110 valence electrons. The van der Waals surface area contributed by atoms with Crippen LogP contribution in [0.2, 0.25) is 0 Å². The van der Waals surface area contributed by atoms with Crippen LogP contribution >= 0.6 is 0 Å². The highest BCUT2D eigenvalue weighted by Crippen LogP contribution is 2.29. The summed E-state index contributed by atoms with van der Waals surface area (Å²) in [6, 6.07) is 4.26. The zero-order valence-electron chi connectivity index (χ0n) is 11.2. The molecule has 0 aromatic heterocycles. The molecule has 0 bridgehead atoms. The average Bonchev–Trinajstić information content (AvgIpc) is 2.37. The molecule has 20 heavy (non-hydrogen) atoms. The van der Waals surface area contributed by atoms with Crippen molar-refractivity contribution in [2.45, 2.75) is 37.1 Å². The quantitative estimate of drug-likeness (QED) is 0.878. The molecule has 1 heterocycles. The molecular weight excluding hydrogens is 280 g/mol. The zero-order chi connectivity index (χ0) is 14.9.